The Labute approximate surface area is 175 Å². The maximum atomic E-state index is 5.94. The van der Waals surface area contributed by atoms with Crippen molar-refractivity contribution in [3.05, 3.63) is 114 Å². The molecule has 2 heterocycles. The highest BCUT2D eigenvalue weighted by Gasteiger charge is 2.10. The molecule has 1 atom stereocenters. The molecule has 2 aromatic heterocycles. The zero-order valence-electron chi connectivity index (χ0n) is 16.6. The van der Waals surface area contributed by atoms with E-state index in [2.05, 4.69) is 39.6 Å². The van der Waals surface area contributed by atoms with Crippen LogP contribution in [0.15, 0.2) is 96.2 Å². The lowest BCUT2D eigenvalue weighted by atomic mass is 10.1. The molecule has 30 heavy (non-hydrogen) atoms. The normalized spacial score (nSPS) is 12.3. The number of aromatic nitrogens is 4. The fourth-order valence-electron chi connectivity index (χ4n) is 3.05. The fraction of sp³-hybridized carbons (Fsp3) is 0.167. The molecule has 0 radical (unpaired) electrons. The molecule has 0 spiro atoms. The summed E-state index contributed by atoms with van der Waals surface area (Å²) in [6, 6.07) is 26.0. The molecule has 2 aromatic carbocycles. The van der Waals surface area contributed by atoms with Crippen molar-refractivity contribution in [3.63, 3.8) is 0 Å². The van der Waals surface area contributed by atoms with Gasteiger partial charge in [-0.3, -0.25) is 9.98 Å². The molecule has 0 fully saturated rings. The predicted octanol–water partition coefficient (Wildman–Crippen LogP) is 4.10. The van der Waals surface area contributed by atoms with Crippen LogP contribution >= 0.6 is 0 Å². The van der Waals surface area contributed by atoms with Gasteiger partial charge in [0.25, 0.3) is 0 Å². The van der Waals surface area contributed by atoms with Crippen molar-refractivity contribution >= 4 is 6.21 Å². The maximum Gasteiger partial charge on any atom is 0.108 e. The molecular formula is C24H23N5O. The summed E-state index contributed by atoms with van der Waals surface area (Å²) in [6.07, 6.45) is 5.47. The van der Waals surface area contributed by atoms with E-state index in [1.807, 2.05) is 65.5 Å². The van der Waals surface area contributed by atoms with Crippen LogP contribution in [0.5, 0.6) is 0 Å². The molecule has 4 rings (SSSR count). The molecule has 0 aliphatic heterocycles. The highest BCUT2D eigenvalue weighted by atomic mass is 16.5. The number of pyridine rings is 1. The van der Waals surface area contributed by atoms with E-state index < -0.39 is 0 Å². The van der Waals surface area contributed by atoms with Gasteiger partial charge < -0.3 is 4.74 Å². The van der Waals surface area contributed by atoms with E-state index in [9.17, 15) is 0 Å². The summed E-state index contributed by atoms with van der Waals surface area (Å²) in [5, 5.41) is 8.41. The van der Waals surface area contributed by atoms with Gasteiger partial charge in [-0.25, -0.2) is 4.68 Å². The van der Waals surface area contributed by atoms with Gasteiger partial charge in [-0.1, -0.05) is 71.9 Å². The summed E-state index contributed by atoms with van der Waals surface area (Å²) < 4.78 is 7.76. The second-order valence-electron chi connectivity index (χ2n) is 6.87. The fourth-order valence-corrected chi connectivity index (χ4v) is 3.05. The van der Waals surface area contributed by atoms with E-state index in [4.69, 9.17) is 9.73 Å². The van der Waals surface area contributed by atoms with Crippen molar-refractivity contribution < 1.29 is 4.74 Å². The van der Waals surface area contributed by atoms with Gasteiger partial charge in [-0.2, -0.15) is 0 Å². The van der Waals surface area contributed by atoms with Crippen LogP contribution in [0.1, 0.15) is 28.6 Å². The first-order chi connectivity index (χ1) is 14.9. The average molecular weight is 397 g/mol. The molecule has 0 aliphatic rings. The van der Waals surface area contributed by atoms with E-state index >= 15 is 0 Å². The van der Waals surface area contributed by atoms with Crippen molar-refractivity contribution in [2.24, 2.45) is 4.99 Å². The Kier molecular flexibility index (Phi) is 6.70. The van der Waals surface area contributed by atoms with Crippen molar-refractivity contribution in [2.75, 3.05) is 6.61 Å². The number of ether oxygens (including phenoxy) is 1. The summed E-state index contributed by atoms with van der Waals surface area (Å²) in [6.45, 7) is 1.52. The molecule has 0 amide bonds. The van der Waals surface area contributed by atoms with Gasteiger partial charge in [0.2, 0.25) is 0 Å². The Morgan fingerprint density at radius 2 is 1.70 bits per heavy atom. The van der Waals surface area contributed by atoms with Crippen LogP contribution in [0, 0.1) is 0 Å². The molecule has 0 bridgehead atoms. The van der Waals surface area contributed by atoms with Crippen LogP contribution in [-0.4, -0.2) is 32.8 Å². The minimum absolute atomic E-state index is 0.118. The van der Waals surface area contributed by atoms with Crippen LogP contribution in [0.3, 0.4) is 0 Å². The third-order valence-corrected chi connectivity index (χ3v) is 4.56. The number of nitrogens with zero attached hydrogens (tertiary/aromatic N) is 5. The average Bonchev–Trinajstić information content (AvgIpc) is 3.25. The van der Waals surface area contributed by atoms with Gasteiger partial charge in [-0.15, -0.1) is 5.10 Å². The Balaban J connectivity index is 1.36. The predicted molar refractivity (Wildman–Crippen MR) is 116 cm³/mol. The highest BCUT2D eigenvalue weighted by Crippen LogP contribution is 2.18. The molecule has 4 aromatic rings. The van der Waals surface area contributed by atoms with E-state index in [1.54, 1.807) is 12.4 Å². The Morgan fingerprint density at radius 1 is 0.933 bits per heavy atom. The quantitative estimate of drug-likeness (QED) is 0.399. The topological polar surface area (TPSA) is 65.2 Å². The second-order valence-corrected chi connectivity index (χ2v) is 6.87. The van der Waals surface area contributed by atoms with Gasteiger partial charge in [-0.05, 0) is 23.3 Å². The summed E-state index contributed by atoms with van der Waals surface area (Å²) in [5.74, 6) is 0. The minimum atomic E-state index is -0.118. The first-order valence-corrected chi connectivity index (χ1v) is 9.87. The molecular weight excluding hydrogens is 374 g/mol. The van der Waals surface area contributed by atoms with E-state index in [0.29, 0.717) is 19.8 Å². The van der Waals surface area contributed by atoms with Crippen LogP contribution in [0.25, 0.3) is 0 Å². The van der Waals surface area contributed by atoms with Crippen molar-refractivity contribution in [1.29, 1.82) is 0 Å². The Bertz CT molecular complexity index is 1050. The molecule has 6 heteroatoms. The Morgan fingerprint density at radius 3 is 2.47 bits per heavy atom. The number of aliphatic imine (C=N–C) groups is 1. The van der Waals surface area contributed by atoms with Crippen LogP contribution in [0.2, 0.25) is 0 Å². The van der Waals surface area contributed by atoms with Crippen molar-refractivity contribution in [1.82, 2.24) is 20.0 Å². The van der Waals surface area contributed by atoms with Crippen LogP contribution in [-0.2, 0) is 17.9 Å². The standard InChI is InChI=1S/C24H23N5O/c1-3-9-20(10-4-1)16-29-17-23(27-28-29)18-30-19-24(21-11-5-2-6-12-21)26-15-22-13-7-8-14-25-22/h1-15,17,24H,16,18-19H2/t24-/m0/s1. The monoisotopic (exact) mass is 397 g/mol. The molecule has 6 nitrogen and oxygen atoms in total. The van der Waals surface area contributed by atoms with Gasteiger partial charge in [0, 0.05) is 12.4 Å². The summed E-state index contributed by atoms with van der Waals surface area (Å²) in [5.41, 5.74) is 3.90. The molecule has 0 N–H and O–H groups in total. The largest absolute Gasteiger partial charge is 0.372 e. The SMILES string of the molecule is C(=N[C@@H](COCc1cn(Cc2ccccc2)nn1)c1ccccc1)c1ccccn1. The van der Waals surface area contributed by atoms with Crippen molar-refractivity contribution in [3.8, 4) is 0 Å². The summed E-state index contributed by atoms with van der Waals surface area (Å²) >= 11 is 0. The zero-order valence-corrected chi connectivity index (χ0v) is 16.6. The number of benzene rings is 2. The Hall–Kier alpha value is -3.64. The second kappa shape index (κ2) is 10.2. The maximum absolute atomic E-state index is 5.94. The summed E-state index contributed by atoms with van der Waals surface area (Å²) in [4.78, 5) is 9.00. The third kappa shape index (κ3) is 5.68. The van der Waals surface area contributed by atoms with E-state index in [-0.39, 0.29) is 6.04 Å². The van der Waals surface area contributed by atoms with E-state index in [0.717, 1.165) is 17.0 Å². The van der Waals surface area contributed by atoms with Gasteiger partial charge in [0.1, 0.15) is 5.69 Å². The minimum Gasteiger partial charge on any atom is -0.372 e. The van der Waals surface area contributed by atoms with Gasteiger partial charge in [0.05, 0.1) is 37.7 Å². The summed E-state index contributed by atoms with van der Waals surface area (Å²) in [7, 11) is 0. The van der Waals surface area contributed by atoms with Gasteiger partial charge >= 0.3 is 0 Å². The third-order valence-electron chi connectivity index (χ3n) is 4.56. The van der Waals surface area contributed by atoms with Crippen molar-refractivity contribution in [2.45, 2.75) is 19.2 Å². The first-order valence-electron chi connectivity index (χ1n) is 9.87. The molecule has 0 saturated carbocycles. The molecule has 150 valence electrons. The van der Waals surface area contributed by atoms with Crippen LogP contribution < -0.4 is 0 Å². The van der Waals surface area contributed by atoms with Gasteiger partial charge in [0.15, 0.2) is 0 Å². The smallest absolute Gasteiger partial charge is 0.108 e. The molecule has 0 aliphatic carbocycles. The van der Waals surface area contributed by atoms with E-state index in [1.165, 1.54) is 5.56 Å². The number of rotatable bonds is 9. The zero-order chi connectivity index (χ0) is 20.4. The molecule has 0 unspecified atom stereocenters. The first kappa shape index (κ1) is 19.7. The van der Waals surface area contributed by atoms with Crippen LogP contribution in [0.4, 0.5) is 0 Å². The lowest BCUT2D eigenvalue weighted by Gasteiger charge is -2.13. The lowest BCUT2D eigenvalue weighted by Crippen LogP contribution is -2.07. The molecule has 0 saturated heterocycles. The highest BCUT2D eigenvalue weighted by molar-refractivity contribution is 5.76. The number of hydrogen-bond acceptors (Lipinski definition) is 5. The number of hydrogen-bond donors (Lipinski definition) is 0. The lowest BCUT2D eigenvalue weighted by molar-refractivity contribution is 0.106.